The fourth-order valence-corrected chi connectivity index (χ4v) is 3.39. The lowest BCUT2D eigenvalue weighted by atomic mass is 9.94. The van der Waals surface area contributed by atoms with Crippen molar-refractivity contribution in [2.75, 3.05) is 5.32 Å². The maximum absolute atomic E-state index is 5.86. The van der Waals surface area contributed by atoms with Crippen LogP contribution in [0.4, 0.5) is 5.82 Å². The fraction of sp³-hybridized carbons (Fsp3) is 0.400. The normalized spacial score (nSPS) is 13.8. The summed E-state index contributed by atoms with van der Waals surface area (Å²) in [5.74, 6) is 0.786. The van der Waals surface area contributed by atoms with Crippen molar-refractivity contribution in [3.63, 3.8) is 0 Å². The third-order valence-corrected chi connectivity index (χ3v) is 4.71. The van der Waals surface area contributed by atoms with Gasteiger partial charge in [-0.2, -0.15) is 0 Å². The zero-order valence-corrected chi connectivity index (χ0v) is 13.6. The second-order valence-corrected chi connectivity index (χ2v) is 6.78. The van der Waals surface area contributed by atoms with Crippen LogP contribution in [-0.2, 0) is 19.4 Å². The van der Waals surface area contributed by atoms with Gasteiger partial charge in [-0.05, 0) is 44.2 Å². The first-order valence-electron chi connectivity index (χ1n) is 7.11. The minimum atomic E-state index is 0.396. The molecule has 2 heterocycles. The molecule has 3 rings (SSSR count). The molecule has 0 spiro atoms. The molecule has 0 radical (unpaired) electrons. The molecule has 2 aromatic rings. The summed E-state index contributed by atoms with van der Waals surface area (Å²) in [5.41, 5.74) is 10.2. The Balaban J connectivity index is 1.87. The van der Waals surface area contributed by atoms with Crippen LogP contribution in [0.2, 0.25) is 0 Å². The van der Waals surface area contributed by atoms with Crippen molar-refractivity contribution in [1.82, 2.24) is 9.97 Å². The van der Waals surface area contributed by atoms with Gasteiger partial charge in [-0.25, -0.2) is 9.97 Å². The van der Waals surface area contributed by atoms with Crippen LogP contribution in [0.1, 0.15) is 40.4 Å². The van der Waals surface area contributed by atoms with Crippen LogP contribution >= 0.6 is 23.6 Å². The molecule has 0 saturated carbocycles. The maximum atomic E-state index is 5.86. The number of anilines is 1. The summed E-state index contributed by atoms with van der Waals surface area (Å²) < 4.78 is 0. The summed E-state index contributed by atoms with van der Waals surface area (Å²) >= 11 is 6.82. The molecule has 1 aliphatic rings. The van der Waals surface area contributed by atoms with Crippen molar-refractivity contribution in [3.05, 3.63) is 39.0 Å². The standard InChI is InChI=1S/C15H18N4S2/c1-9-18-11(8-21-9)7-17-15-12(14(16)20)6-10-4-2-3-5-13(10)19-15/h6,8H,2-5,7H2,1H3,(H2,16,20)(H,17,19). The lowest BCUT2D eigenvalue weighted by Crippen LogP contribution is -2.18. The Kier molecular flexibility index (Phi) is 4.17. The van der Waals surface area contributed by atoms with Gasteiger partial charge >= 0.3 is 0 Å². The van der Waals surface area contributed by atoms with Gasteiger partial charge < -0.3 is 11.1 Å². The SMILES string of the molecule is Cc1nc(CNc2nc3c(cc2C(N)=S)CCCC3)cs1. The van der Waals surface area contributed by atoms with E-state index in [-0.39, 0.29) is 0 Å². The van der Waals surface area contributed by atoms with E-state index in [9.17, 15) is 0 Å². The third kappa shape index (κ3) is 3.22. The average Bonchev–Trinajstić information content (AvgIpc) is 2.89. The lowest BCUT2D eigenvalue weighted by molar-refractivity contribution is 0.668. The van der Waals surface area contributed by atoms with Crippen molar-refractivity contribution < 1.29 is 0 Å². The van der Waals surface area contributed by atoms with Crippen LogP contribution < -0.4 is 11.1 Å². The number of thiocarbonyl (C=S) groups is 1. The number of aryl methyl sites for hydroxylation is 3. The van der Waals surface area contributed by atoms with E-state index in [1.807, 2.05) is 6.92 Å². The Morgan fingerprint density at radius 3 is 2.90 bits per heavy atom. The van der Waals surface area contributed by atoms with E-state index in [4.69, 9.17) is 22.9 Å². The second kappa shape index (κ2) is 6.07. The highest BCUT2D eigenvalue weighted by Crippen LogP contribution is 2.25. The van der Waals surface area contributed by atoms with Crippen LogP contribution in [0.15, 0.2) is 11.4 Å². The molecule has 0 atom stereocenters. The zero-order valence-electron chi connectivity index (χ0n) is 12.0. The quantitative estimate of drug-likeness (QED) is 0.849. The summed E-state index contributed by atoms with van der Waals surface area (Å²) in [6.07, 6.45) is 4.54. The van der Waals surface area contributed by atoms with Gasteiger partial charge in [0.25, 0.3) is 0 Å². The first kappa shape index (κ1) is 14.4. The molecule has 4 nitrogen and oxygen atoms in total. The van der Waals surface area contributed by atoms with E-state index in [0.717, 1.165) is 34.9 Å². The van der Waals surface area contributed by atoms with Crippen LogP contribution in [0, 0.1) is 6.92 Å². The molecule has 0 aromatic carbocycles. The summed E-state index contributed by atoms with van der Waals surface area (Å²) in [6.45, 7) is 2.65. The Bertz CT molecular complexity index is 678. The molecule has 0 bridgehead atoms. The number of hydrogen-bond donors (Lipinski definition) is 2. The van der Waals surface area contributed by atoms with Crippen molar-refractivity contribution in [2.45, 2.75) is 39.2 Å². The number of nitrogens with one attached hydrogen (secondary N) is 1. The largest absolute Gasteiger partial charge is 0.389 e. The number of thiazole rings is 1. The summed E-state index contributed by atoms with van der Waals surface area (Å²) in [6, 6.07) is 2.11. The highest BCUT2D eigenvalue weighted by Gasteiger charge is 2.16. The molecule has 0 saturated heterocycles. The van der Waals surface area contributed by atoms with E-state index in [0.29, 0.717) is 11.5 Å². The number of rotatable bonds is 4. The van der Waals surface area contributed by atoms with Gasteiger partial charge in [0.05, 0.1) is 22.8 Å². The molecule has 0 amide bonds. The monoisotopic (exact) mass is 318 g/mol. The van der Waals surface area contributed by atoms with E-state index in [2.05, 4.69) is 21.7 Å². The molecular weight excluding hydrogens is 300 g/mol. The van der Waals surface area contributed by atoms with Gasteiger partial charge in [-0.15, -0.1) is 11.3 Å². The summed E-state index contributed by atoms with van der Waals surface area (Å²) in [7, 11) is 0. The van der Waals surface area contributed by atoms with Gasteiger partial charge in [-0.3, -0.25) is 0 Å². The minimum Gasteiger partial charge on any atom is -0.389 e. The van der Waals surface area contributed by atoms with Gasteiger partial charge in [0.2, 0.25) is 0 Å². The van der Waals surface area contributed by atoms with Crippen molar-refractivity contribution in [3.8, 4) is 0 Å². The van der Waals surface area contributed by atoms with Gasteiger partial charge in [0.1, 0.15) is 10.8 Å². The van der Waals surface area contributed by atoms with Crippen molar-refractivity contribution in [1.29, 1.82) is 0 Å². The highest BCUT2D eigenvalue weighted by molar-refractivity contribution is 7.80. The van der Waals surface area contributed by atoms with E-state index >= 15 is 0 Å². The summed E-state index contributed by atoms with van der Waals surface area (Å²) in [5, 5.41) is 6.47. The molecule has 0 aliphatic heterocycles. The molecule has 1 aliphatic carbocycles. The third-order valence-electron chi connectivity index (χ3n) is 3.67. The van der Waals surface area contributed by atoms with E-state index < -0.39 is 0 Å². The molecule has 2 aromatic heterocycles. The predicted molar refractivity (Wildman–Crippen MR) is 90.9 cm³/mol. The predicted octanol–water partition coefficient (Wildman–Crippen LogP) is 2.97. The lowest BCUT2D eigenvalue weighted by Gasteiger charge is -2.19. The average molecular weight is 318 g/mol. The smallest absolute Gasteiger partial charge is 0.136 e. The van der Waals surface area contributed by atoms with Crippen LogP contribution in [0.3, 0.4) is 0 Å². The number of fused-ring (bicyclic) bond motifs is 1. The number of nitrogens with zero attached hydrogens (tertiary/aromatic N) is 2. The Hall–Kier alpha value is -1.53. The zero-order chi connectivity index (χ0) is 14.8. The first-order chi connectivity index (χ1) is 10.1. The Labute approximate surface area is 133 Å². The van der Waals surface area contributed by atoms with Crippen molar-refractivity contribution >= 4 is 34.4 Å². The number of aromatic nitrogens is 2. The van der Waals surface area contributed by atoms with Crippen LogP contribution in [0.25, 0.3) is 0 Å². The maximum Gasteiger partial charge on any atom is 0.136 e. The van der Waals surface area contributed by atoms with Crippen LogP contribution in [0.5, 0.6) is 0 Å². The highest BCUT2D eigenvalue weighted by atomic mass is 32.1. The number of hydrogen-bond acceptors (Lipinski definition) is 5. The molecule has 0 fully saturated rings. The molecule has 0 unspecified atom stereocenters. The Morgan fingerprint density at radius 1 is 1.38 bits per heavy atom. The first-order valence-corrected chi connectivity index (χ1v) is 8.40. The Morgan fingerprint density at radius 2 is 2.19 bits per heavy atom. The van der Waals surface area contributed by atoms with Gasteiger partial charge in [0, 0.05) is 11.1 Å². The minimum absolute atomic E-state index is 0.396. The molecular formula is C15H18N4S2. The molecule has 21 heavy (non-hydrogen) atoms. The van der Waals surface area contributed by atoms with Crippen molar-refractivity contribution in [2.24, 2.45) is 5.73 Å². The van der Waals surface area contributed by atoms with Crippen LogP contribution in [-0.4, -0.2) is 15.0 Å². The van der Waals surface area contributed by atoms with E-state index in [1.54, 1.807) is 11.3 Å². The molecule has 6 heteroatoms. The fourth-order valence-electron chi connectivity index (χ4n) is 2.62. The molecule has 110 valence electrons. The van der Waals surface area contributed by atoms with E-state index in [1.165, 1.54) is 24.1 Å². The van der Waals surface area contributed by atoms with Gasteiger partial charge in [-0.1, -0.05) is 12.2 Å². The summed E-state index contributed by atoms with van der Waals surface area (Å²) in [4.78, 5) is 9.60. The number of nitrogens with two attached hydrogens (primary N) is 1. The number of pyridine rings is 1. The second-order valence-electron chi connectivity index (χ2n) is 5.27. The van der Waals surface area contributed by atoms with Gasteiger partial charge in [0.15, 0.2) is 0 Å². The topological polar surface area (TPSA) is 63.8 Å². The molecule has 3 N–H and O–H groups in total.